The summed E-state index contributed by atoms with van der Waals surface area (Å²) in [5.41, 5.74) is 6.74. The zero-order chi connectivity index (χ0) is 21.1. The molecule has 3 heterocycles. The zero-order valence-electron chi connectivity index (χ0n) is 18.6. The third-order valence-electron chi connectivity index (χ3n) is 5.98. The van der Waals surface area contributed by atoms with Crippen LogP contribution in [-0.4, -0.2) is 58.4 Å². The molecule has 0 amide bonds. The first-order valence-electron chi connectivity index (χ1n) is 10.5. The number of aromatic amines is 1. The Morgan fingerprint density at radius 2 is 1.71 bits per heavy atom. The van der Waals surface area contributed by atoms with Gasteiger partial charge in [-0.25, -0.2) is 4.98 Å². The highest BCUT2D eigenvalue weighted by molar-refractivity contribution is 5.85. The van der Waals surface area contributed by atoms with Gasteiger partial charge in [-0.2, -0.15) is 5.10 Å². The summed E-state index contributed by atoms with van der Waals surface area (Å²) in [4.78, 5) is 14.2. The van der Waals surface area contributed by atoms with E-state index in [-0.39, 0.29) is 12.4 Å². The summed E-state index contributed by atoms with van der Waals surface area (Å²) >= 11 is 0. The van der Waals surface area contributed by atoms with E-state index >= 15 is 0 Å². The second-order valence-corrected chi connectivity index (χ2v) is 7.91. The van der Waals surface area contributed by atoms with E-state index in [1.54, 1.807) is 19.5 Å². The van der Waals surface area contributed by atoms with E-state index < -0.39 is 0 Å². The third-order valence-corrected chi connectivity index (χ3v) is 5.98. The molecule has 1 fully saturated rings. The molecule has 166 valence electrons. The number of halogens is 1. The topological polar surface area (TPSA) is 70.2 Å². The number of H-pyrrole nitrogens is 1. The lowest BCUT2D eigenvalue weighted by Gasteiger charge is -2.39. The monoisotopic (exact) mass is 442 g/mol. The van der Waals surface area contributed by atoms with Crippen LogP contribution in [0.1, 0.15) is 35.5 Å². The Kier molecular flexibility index (Phi) is 7.64. The van der Waals surface area contributed by atoms with E-state index in [1.807, 2.05) is 0 Å². The van der Waals surface area contributed by atoms with Crippen LogP contribution in [0.3, 0.4) is 0 Å². The second-order valence-electron chi connectivity index (χ2n) is 7.91. The van der Waals surface area contributed by atoms with Gasteiger partial charge in [0, 0.05) is 68.5 Å². The Morgan fingerprint density at radius 3 is 2.32 bits per heavy atom. The normalized spacial score (nSPS) is 15.5. The highest BCUT2D eigenvalue weighted by Gasteiger charge is 2.27. The molecule has 0 spiro atoms. The molecule has 1 aromatic carbocycles. The smallest absolute Gasteiger partial charge is 0.155 e. The summed E-state index contributed by atoms with van der Waals surface area (Å²) in [6, 6.07) is 8.73. The Bertz CT molecular complexity index is 962. The van der Waals surface area contributed by atoms with E-state index in [9.17, 15) is 0 Å². The predicted octanol–water partition coefficient (Wildman–Crippen LogP) is 3.93. The number of hydrogen-bond acceptors (Lipinski definition) is 6. The molecule has 0 aliphatic carbocycles. The molecule has 1 aliphatic rings. The maximum Gasteiger partial charge on any atom is 0.155 e. The average Bonchev–Trinajstić information content (AvgIpc) is 3.12. The first-order chi connectivity index (χ1) is 14.6. The van der Waals surface area contributed by atoms with E-state index in [4.69, 9.17) is 9.72 Å². The van der Waals surface area contributed by atoms with Gasteiger partial charge in [-0.05, 0) is 26.3 Å². The summed E-state index contributed by atoms with van der Waals surface area (Å²) in [7, 11) is 1.71. The van der Waals surface area contributed by atoms with Crippen LogP contribution in [0.4, 0.5) is 5.82 Å². The first-order valence-corrected chi connectivity index (χ1v) is 10.5. The van der Waals surface area contributed by atoms with Crippen molar-refractivity contribution in [3.63, 3.8) is 0 Å². The molecule has 1 atom stereocenters. The molecular formula is C23H31ClN6O. The van der Waals surface area contributed by atoms with Gasteiger partial charge in [0.25, 0.3) is 0 Å². The predicted molar refractivity (Wildman–Crippen MR) is 126 cm³/mol. The molecule has 1 unspecified atom stereocenters. The molecule has 3 aromatic rings. The molecule has 0 saturated carbocycles. The lowest BCUT2D eigenvalue weighted by molar-refractivity contribution is 0.185. The molecule has 1 aliphatic heterocycles. The summed E-state index contributed by atoms with van der Waals surface area (Å²) in [6.45, 7) is 10.9. The van der Waals surface area contributed by atoms with Crippen LogP contribution in [0.15, 0.2) is 36.7 Å². The molecule has 31 heavy (non-hydrogen) atoms. The highest BCUT2D eigenvalue weighted by atomic mass is 35.5. The number of methoxy groups -OCH3 is 1. The number of hydrogen-bond donors (Lipinski definition) is 1. The molecule has 0 bridgehead atoms. The molecule has 1 N–H and O–H groups in total. The summed E-state index contributed by atoms with van der Waals surface area (Å²) in [5.74, 6) is 0.958. The van der Waals surface area contributed by atoms with E-state index in [2.05, 4.69) is 70.0 Å². The number of benzene rings is 1. The van der Waals surface area contributed by atoms with Crippen molar-refractivity contribution in [1.82, 2.24) is 25.1 Å². The minimum Gasteiger partial charge on any atom is -0.380 e. The average molecular weight is 443 g/mol. The Labute approximate surface area is 190 Å². The van der Waals surface area contributed by atoms with Crippen molar-refractivity contribution in [2.45, 2.75) is 33.4 Å². The number of rotatable bonds is 6. The second kappa shape index (κ2) is 10.2. The van der Waals surface area contributed by atoms with Crippen molar-refractivity contribution in [3.8, 4) is 11.3 Å². The minimum atomic E-state index is 0. The highest BCUT2D eigenvalue weighted by Crippen LogP contribution is 2.30. The van der Waals surface area contributed by atoms with Crippen molar-refractivity contribution in [1.29, 1.82) is 0 Å². The van der Waals surface area contributed by atoms with E-state index in [1.165, 1.54) is 5.56 Å². The number of anilines is 1. The van der Waals surface area contributed by atoms with Gasteiger partial charge in [0.1, 0.15) is 5.69 Å². The molecular weight excluding hydrogens is 412 g/mol. The molecule has 1 saturated heterocycles. The molecule has 4 rings (SSSR count). The SMILES string of the molecule is COCc1ccc(-c2nccnc2N2CCN(C(C)c3c(C)n[nH]c3C)CC2)cc1.Cl. The van der Waals surface area contributed by atoms with Gasteiger partial charge in [0.2, 0.25) is 0 Å². The molecule has 7 nitrogen and oxygen atoms in total. The van der Waals surface area contributed by atoms with Gasteiger partial charge in [-0.15, -0.1) is 12.4 Å². The molecule has 8 heteroatoms. The van der Waals surface area contributed by atoms with Crippen molar-refractivity contribution in [2.24, 2.45) is 0 Å². The zero-order valence-corrected chi connectivity index (χ0v) is 19.4. The van der Waals surface area contributed by atoms with Crippen LogP contribution >= 0.6 is 12.4 Å². The fourth-order valence-corrected chi connectivity index (χ4v) is 4.37. The van der Waals surface area contributed by atoms with Crippen LogP contribution in [0.25, 0.3) is 11.3 Å². The van der Waals surface area contributed by atoms with Crippen LogP contribution < -0.4 is 4.90 Å². The van der Waals surface area contributed by atoms with Gasteiger partial charge in [0.15, 0.2) is 5.82 Å². The van der Waals surface area contributed by atoms with Crippen molar-refractivity contribution >= 4 is 18.2 Å². The number of nitrogens with zero attached hydrogens (tertiary/aromatic N) is 5. The van der Waals surface area contributed by atoms with E-state index in [0.717, 1.165) is 60.2 Å². The van der Waals surface area contributed by atoms with Crippen LogP contribution in [0.2, 0.25) is 0 Å². The standard InChI is InChI=1S/C23H30N6O.ClH/c1-16-21(17(2)27-26-16)18(3)28-11-13-29(14-12-28)23-22(24-9-10-25-23)20-7-5-19(6-8-20)15-30-4;/h5-10,18H,11-15H2,1-4H3,(H,26,27);1H. The van der Waals surface area contributed by atoms with Gasteiger partial charge in [-0.3, -0.25) is 15.0 Å². The van der Waals surface area contributed by atoms with Crippen molar-refractivity contribution in [2.75, 3.05) is 38.2 Å². The fraction of sp³-hybridized carbons (Fsp3) is 0.435. The molecule has 2 aromatic heterocycles. The summed E-state index contributed by atoms with van der Waals surface area (Å²) < 4.78 is 5.22. The number of ether oxygens (including phenoxy) is 1. The maximum absolute atomic E-state index is 5.22. The Hall–Kier alpha value is -2.48. The fourth-order valence-electron chi connectivity index (χ4n) is 4.37. The molecule has 0 radical (unpaired) electrons. The number of nitrogens with one attached hydrogen (secondary N) is 1. The quantitative estimate of drug-likeness (QED) is 0.623. The van der Waals surface area contributed by atoms with Crippen molar-refractivity contribution in [3.05, 3.63) is 59.2 Å². The van der Waals surface area contributed by atoms with Gasteiger partial charge in [0.05, 0.1) is 12.3 Å². The van der Waals surface area contributed by atoms with Gasteiger partial charge in [-0.1, -0.05) is 24.3 Å². The number of aromatic nitrogens is 4. The maximum atomic E-state index is 5.22. The van der Waals surface area contributed by atoms with Crippen LogP contribution in [0, 0.1) is 13.8 Å². The van der Waals surface area contributed by atoms with Crippen LogP contribution in [-0.2, 0) is 11.3 Å². The minimum absolute atomic E-state index is 0. The largest absolute Gasteiger partial charge is 0.380 e. The summed E-state index contributed by atoms with van der Waals surface area (Å²) in [6.07, 6.45) is 3.55. The summed E-state index contributed by atoms with van der Waals surface area (Å²) in [5, 5.41) is 7.49. The number of aryl methyl sites for hydroxylation is 2. The lowest BCUT2D eigenvalue weighted by atomic mass is 10.0. The van der Waals surface area contributed by atoms with Crippen molar-refractivity contribution < 1.29 is 4.74 Å². The number of piperazine rings is 1. The van der Waals surface area contributed by atoms with Gasteiger partial charge < -0.3 is 9.64 Å². The van der Waals surface area contributed by atoms with Gasteiger partial charge >= 0.3 is 0 Å². The first kappa shape index (κ1) is 23.2. The lowest BCUT2D eigenvalue weighted by Crippen LogP contribution is -2.47. The van der Waals surface area contributed by atoms with Crippen LogP contribution in [0.5, 0.6) is 0 Å². The Balaban J connectivity index is 0.00000272. The Morgan fingerprint density at radius 1 is 1.03 bits per heavy atom. The van der Waals surface area contributed by atoms with E-state index in [0.29, 0.717) is 12.6 Å². The third kappa shape index (κ3) is 4.89.